The predicted octanol–water partition coefficient (Wildman–Crippen LogP) is 4.22. The number of rotatable bonds is 4. The van der Waals surface area contributed by atoms with Gasteiger partial charge < -0.3 is 14.2 Å². The molecule has 0 atom stereocenters. The summed E-state index contributed by atoms with van der Waals surface area (Å²) in [7, 11) is 0. The van der Waals surface area contributed by atoms with Crippen LogP contribution in [0.25, 0.3) is 0 Å². The molecule has 21 heavy (non-hydrogen) atoms. The first-order chi connectivity index (χ1) is 10.2. The van der Waals surface area contributed by atoms with E-state index in [1.165, 1.54) is 3.57 Å². The van der Waals surface area contributed by atoms with E-state index < -0.39 is 0 Å². The molecule has 0 radical (unpaired) electrons. The zero-order valence-corrected chi connectivity index (χ0v) is 14.0. The van der Waals surface area contributed by atoms with E-state index in [-0.39, 0.29) is 6.29 Å². The molecule has 0 unspecified atom stereocenters. The summed E-state index contributed by atoms with van der Waals surface area (Å²) in [5.41, 5.74) is 3.30. The Balaban J connectivity index is 1.80. The summed E-state index contributed by atoms with van der Waals surface area (Å²) in [6.45, 7) is 3.86. The van der Waals surface area contributed by atoms with Crippen molar-refractivity contribution < 1.29 is 14.2 Å². The Bertz CT molecular complexity index is 621. The van der Waals surface area contributed by atoms with Crippen LogP contribution < -0.4 is 4.74 Å². The largest absolute Gasteiger partial charge is 0.489 e. The smallest absolute Gasteiger partial charge is 0.184 e. The van der Waals surface area contributed by atoms with Crippen molar-refractivity contribution in [2.45, 2.75) is 19.8 Å². The average molecular weight is 396 g/mol. The Labute approximate surface area is 138 Å². The van der Waals surface area contributed by atoms with Gasteiger partial charge in [-0.3, -0.25) is 0 Å². The molecule has 3 rings (SSSR count). The Kier molecular flexibility index (Phi) is 4.77. The van der Waals surface area contributed by atoms with Gasteiger partial charge in [0.2, 0.25) is 0 Å². The maximum atomic E-state index is 5.96. The monoisotopic (exact) mass is 396 g/mol. The standard InChI is InChI=1S/C17H17IO3/c1-12-4-2-3-5-16(12)21-11-13-10-14(18)6-7-15(13)17-19-8-9-20-17/h2-7,10,17H,8-9,11H2,1H3. The lowest BCUT2D eigenvalue weighted by Gasteiger charge is -2.16. The fourth-order valence-electron chi connectivity index (χ4n) is 2.34. The van der Waals surface area contributed by atoms with Crippen molar-refractivity contribution in [1.82, 2.24) is 0 Å². The van der Waals surface area contributed by atoms with Crippen LogP contribution in [0.2, 0.25) is 0 Å². The third kappa shape index (κ3) is 3.56. The molecular formula is C17H17IO3. The first kappa shape index (κ1) is 14.8. The Morgan fingerprint density at radius 1 is 1.14 bits per heavy atom. The Morgan fingerprint density at radius 2 is 1.90 bits per heavy atom. The lowest BCUT2D eigenvalue weighted by Crippen LogP contribution is -2.06. The number of halogens is 1. The highest BCUT2D eigenvalue weighted by Crippen LogP contribution is 2.29. The van der Waals surface area contributed by atoms with Gasteiger partial charge in [0.25, 0.3) is 0 Å². The van der Waals surface area contributed by atoms with Crippen LogP contribution in [0.15, 0.2) is 42.5 Å². The van der Waals surface area contributed by atoms with E-state index in [0.29, 0.717) is 19.8 Å². The first-order valence-corrected chi connectivity index (χ1v) is 8.02. The highest BCUT2D eigenvalue weighted by Gasteiger charge is 2.21. The molecule has 0 spiro atoms. The molecule has 4 heteroatoms. The summed E-state index contributed by atoms with van der Waals surface area (Å²) < 4.78 is 18.4. The van der Waals surface area contributed by atoms with Gasteiger partial charge in [-0.2, -0.15) is 0 Å². The number of ether oxygens (including phenoxy) is 3. The highest BCUT2D eigenvalue weighted by molar-refractivity contribution is 14.1. The van der Waals surface area contributed by atoms with Crippen molar-refractivity contribution in [3.05, 3.63) is 62.7 Å². The molecule has 1 aliphatic heterocycles. The SMILES string of the molecule is Cc1ccccc1OCc1cc(I)ccc1C1OCCO1. The van der Waals surface area contributed by atoms with Crippen LogP contribution in [0.5, 0.6) is 5.75 Å². The molecule has 0 amide bonds. The molecule has 0 aliphatic carbocycles. The lowest BCUT2D eigenvalue weighted by molar-refractivity contribution is -0.0451. The molecule has 3 nitrogen and oxygen atoms in total. The number of aryl methyl sites for hydroxylation is 1. The minimum atomic E-state index is -0.266. The minimum absolute atomic E-state index is 0.266. The number of hydrogen-bond donors (Lipinski definition) is 0. The molecule has 1 heterocycles. The van der Waals surface area contributed by atoms with Crippen LogP contribution in [-0.4, -0.2) is 13.2 Å². The van der Waals surface area contributed by atoms with E-state index in [1.54, 1.807) is 0 Å². The summed E-state index contributed by atoms with van der Waals surface area (Å²) >= 11 is 2.31. The van der Waals surface area contributed by atoms with Crippen LogP contribution in [0.3, 0.4) is 0 Å². The molecule has 2 aromatic carbocycles. The minimum Gasteiger partial charge on any atom is -0.489 e. The molecule has 0 aromatic heterocycles. The molecule has 0 N–H and O–H groups in total. The fraction of sp³-hybridized carbons (Fsp3) is 0.294. The fourth-order valence-corrected chi connectivity index (χ4v) is 2.90. The van der Waals surface area contributed by atoms with Gasteiger partial charge in [0.1, 0.15) is 12.4 Å². The molecule has 1 aliphatic rings. The van der Waals surface area contributed by atoms with Crippen LogP contribution in [-0.2, 0) is 16.1 Å². The zero-order valence-electron chi connectivity index (χ0n) is 11.8. The molecule has 1 fully saturated rings. The van der Waals surface area contributed by atoms with Crippen LogP contribution in [0.1, 0.15) is 23.0 Å². The van der Waals surface area contributed by atoms with Gasteiger partial charge in [0.15, 0.2) is 6.29 Å². The first-order valence-electron chi connectivity index (χ1n) is 6.94. The normalized spacial score (nSPS) is 15.3. The van der Waals surface area contributed by atoms with E-state index >= 15 is 0 Å². The summed E-state index contributed by atoms with van der Waals surface area (Å²) in [6, 6.07) is 14.3. The number of benzene rings is 2. The number of para-hydroxylation sites is 1. The average Bonchev–Trinajstić information content (AvgIpc) is 3.00. The second-order valence-electron chi connectivity index (χ2n) is 4.97. The van der Waals surface area contributed by atoms with Gasteiger partial charge in [-0.05, 0) is 58.8 Å². The van der Waals surface area contributed by atoms with Gasteiger partial charge in [-0.1, -0.05) is 24.3 Å². The molecule has 110 valence electrons. The van der Waals surface area contributed by atoms with Gasteiger partial charge in [-0.25, -0.2) is 0 Å². The highest BCUT2D eigenvalue weighted by atomic mass is 127. The lowest BCUT2D eigenvalue weighted by atomic mass is 10.1. The molecule has 0 saturated carbocycles. The Morgan fingerprint density at radius 3 is 2.67 bits per heavy atom. The number of hydrogen-bond acceptors (Lipinski definition) is 3. The molecular weight excluding hydrogens is 379 g/mol. The Hall–Kier alpha value is -1.11. The summed E-state index contributed by atoms with van der Waals surface area (Å²) in [5, 5.41) is 0. The van der Waals surface area contributed by atoms with Crippen molar-refractivity contribution in [2.24, 2.45) is 0 Å². The second kappa shape index (κ2) is 6.77. The third-order valence-corrected chi connectivity index (χ3v) is 4.13. The maximum Gasteiger partial charge on any atom is 0.184 e. The van der Waals surface area contributed by atoms with Gasteiger partial charge >= 0.3 is 0 Å². The quantitative estimate of drug-likeness (QED) is 0.725. The summed E-state index contributed by atoms with van der Waals surface area (Å²) in [6.07, 6.45) is -0.266. The van der Waals surface area contributed by atoms with Crippen LogP contribution >= 0.6 is 22.6 Å². The molecule has 2 aromatic rings. The van der Waals surface area contributed by atoms with Crippen LogP contribution in [0.4, 0.5) is 0 Å². The van der Waals surface area contributed by atoms with Crippen molar-refractivity contribution in [2.75, 3.05) is 13.2 Å². The van der Waals surface area contributed by atoms with Crippen molar-refractivity contribution in [1.29, 1.82) is 0 Å². The van der Waals surface area contributed by atoms with E-state index in [9.17, 15) is 0 Å². The van der Waals surface area contributed by atoms with Gasteiger partial charge in [0, 0.05) is 9.13 Å². The van der Waals surface area contributed by atoms with E-state index in [4.69, 9.17) is 14.2 Å². The summed E-state index contributed by atoms with van der Waals surface area (Å²) in [4.78, 5) is 0. The van der Waals surface area contributed by atoms with E-state index in [1.807, 2.05) is 31.2 Å². The summed E-state index contributed by atoms with van der Waals surface area (Å²) in [5.74, 6) is 0.913. The van der Waals surface area contributed by atoms with Gasteiger partial charge in [0.05, 0.1) is 13.2 Å². The van der Waals surface area contributed by atoms with E-state index in [2.05, 4.69) is 40.8 Å². The van der Waals surface area contributed by atoms with Gasteiger partial charge in [-0.15, -0.1) is 0 Å². The topological polar surface area (TPSA) is 27.7 Å². The predicted molar refractivity (Wildman–Crippen MR) is 89.3 cm³/mol. The third-order valence-electron chi connectivity index (χ3n) is 3.46. The van der Waals surface area contributed by atoms with Crippen molar-refractivity contribution >= 4 is 22.6 Å². The molecule has 0 bridgehead atoms. The van der Waals surface area contributed by atoms with Crippen LogP contribution in [0, 0.1) is 10.5 Å². The zero-order chi connectivity index (χ0) is 14.7. The van der Waals surface area contributed by atoms with E-state index in [0.717, 1.165) is 22.4 Å². The molecule has 1 saturated heterocycles. The maximum absolute atomic E-state index is 5.96. The van der Waals surface area contributed by atoms with Crippen molar-refractivity contribution in [3.63, 3.8) is 0 Å². The second-order valence-corrected chi connectivity index (χ2v) is 6.22. The van der Waals surface area contributed by atoms with Crippen molar-refractivity contribution in [3.8, 4) is 5.75 Å².